The van der Waals surface area contributed by atoms with Crippen LogP contribution in [0.2, 0.25) is 0 Å². The van der Waals surface area contributed by atoms with Gasteiger partial charge in [0.05, 0.1) is 22.3 Å². The van der Waals surface area contributed by atoms with Crippen LogP contribution in [0.15, 0.2) is 53.3 Å². The highest BCUT2D eigenvalue weighted by molar-refractivity contribution is 6.15. The van der Waals surface area contributed by atoms with Gasteiger partial charge in [0, 0.05) is 10.9 Å². The molecular formula is C18H13N3O3. The van der Waals surface area contributed by atoms with Gasteiger partial charge in [0.1, 0.15) is 5.75 Å². The van der Waals surface area contributed by atoms with Crippen LogP contribution >= 0.6 is 0 Å². The van der Waals surface area contributed by atoms with Gasteiger partial charge < -0.3 is 20.8 Å². The molecule has 118 valence electrons. The number of carbonyl (C=O) groups is 1. The van der Waals surface area contributed by atoms with Crippen LogP contribution in [-0.4, -0.2) is 20.9 Å². The molecule has 0 bridgehead atoms. The smallest absolute Gasteiger partial charge is 0.323 e. The number of phenols is 1. The number of nitrogens with one attached hydrogen (secondary N) is 2. The number of aromatic amines is 2. The van der Waals surface area contributed by atoms with Gasteiger partial charge in [-0.15, -0.1) is 0 Å². The molecule has 0 saturated heterocycles. The number of carbonyl (C=O) groups excluding carboxylic acids is 1. The summed E-state index contributed by atoms with van der Waals surface area (Å²) in [7, 11) is 0. The quantitative estimate of drug-likeness (QED) is 0.258. The van der Waals surface area contributed by atoms with Crippen LogP contribution in [-0.2, 0) is 0 Å². The van der Waals surface area contributed by atoms with Gasteiger partial charge in [-0.1, -0.05) is 24.3 Å². The lowest BCUT2D eigenvalue weighted by atomic mass is 9.97. The number of rotatable bonds is 2. The van der Waals surface area contributed by atoms with E-state index in [-0.39, 0.29) is 28.5 Å². The maximum absolute atomic E-state index is 12.8. The molecule has 0 saturated carbocycles. The maximum atomic E-state index is 12.8. The molecule has 0 aliphatic rings. The number of nitrogen functional groups attached to an aromatic ring is 1. The van der Waals surface area contributed by atoms with Gasteiger partial charge in [-0.05, 0) is 29.7 Å². The number of hydrogen-bond donors (Lipinski definition) is 4. The first-order valence-electron chi connectivity index (χ1n) is 7.31. The second-order valence-corrected chi connectivity index (χ2v) is 5.58. The van der Waals surface area contributed by atoms with Gasteiger partial charge in [0.2, 0.25) is 0 Å². The molecule has 1 aromatic heterocycles. The first kappa shape index (κ1) is 14.1. The van der Waals surface area contributed by atoms with Gasteiger partial charge in [-0.3, -0.25) is 4.79 Å². The number of benzene rings is 3. The fourth-order valence-corrected chi connectivity index (χ4v) is 2.87. The van der Waals surface area contributed by atoms with Crippen LogP contribution in [0.25, 0.3) is 21.8 Å². The maximum Gasteiger partial charge on any atom is 0.323 e. The Morgan fingerprint density at radius 3 is 2.58 bits per heavy atom. The van der Waals surface area contributed by atoms with Gasteiger partial charge >= 0.3 is 5.69 Å². The summed E-state index contributed by atoms with van der Waals surface area (Å²) in [6.45, 7) is 0. The van der Waals surface area contributed by atoms with E-state index in [0.717, 1.165) is 5.39 Å². The Morgan fingerprint density at radius 1 is 1.00 bits per heavy atom. The zero-order valence-electron chi connectivity index (χ0n) is 12.5. The number of phenolic OH excluding ortho intramolecular Hbond substituents is 1. The third-order valence-corrected chi connectivity index (χ3v) is 4.08. The molecule has 0 fully saturated rings. The number of imidazole rings is 1. The fraction of sp³-hybridized carbons (Fsp3) is 0. The number of hydrogen-bond acceptors (Lipinski definition) is 4. The van der Waals surface area contributed by atoms with Crippen molar-refractivity contribution < 1.29 is 9.90 Å². The number of fused-ring (bicyclic) bond motifs is 2. The summed E-state index contributed by atoms with van der Waals surface area (Å²) in [6.07, 6.45) is 0. The van der Waals surface area contributed by atoms with Crippen LogP contribution in [0, 0.1) is 0 Å². The number of nitrogens with two attached hydrogens (primary N) is 1. The molecule has 0 aliphatic heterocycles. The minimum atomic E-state index is -0.367. The number of aromatic nitrogens is 2. The number of aromatic hydroxyl groups is 1. The van der Waals surface area contributed by atoms with Crippen molar-refractivity contribution >= 4 is 33.3 Å². The molecular weight excluding hydrogens is 306 g/mol. The van der Waals surface area contributed by atoms with Gasteiger partial charge in [-0.25, -0.2) is 4.79 Å². The molecule has 5 N–H and O–H groups in total. The summed E-state index contributed by atoms with van der Waals surface area (Å²) in [5, 5.41) is 11.8. The Balaban J connectivity index is 1.90. The van der Waals surface area contributed by atoms with Crippen molar-refractivity contribution in [3.8, 4) is 5.75 Å². The van der Waals surface area contributed by atoms with E-state index >= 15 is 0 Å². The molecule has 24 heavy (non-hydrogen) atoms. The lowest BCUT2D eigenvalue weighted by Crippen LogP contribution is -2.04. The van der Waals surface area contributed by atoms with Gasteiger partial charge in [0.15, 0.2) is 5.78 Å². The third-order valence-electron chi connectivity index (χ3n) is 4.08. The van der Waals surface area contributed by atoms with E-state index in [1.807, 2.05) is 18.2 Å². The van der Waals surface area contributed by atoms with E-state index < -0.39 is 0 Å². The van der Waals surface area contributed by atoms with Crippen molar-refractivity contribution in [1.82, 2.24) is 9.97 Å². The summed E-state index contributed by atoms with van der Waals surface area (Å²) >= 11 is 0. The number of anilines is 1. The molecule has 0 radical (unpaired) electrons. The average molecular weight is 319 g/mol. The van der Waals surface area contributed by atoms with E-state index in [1.54, 1.807) is 30.3 Å². The van der Waals surface area contributed by atoms with E-state index in [2.05, 4.69) is 9.97 Å². The van der Waals surface area contributed by atoms with E-state index in [4.69, 9.17) is 5.73 Å². The highest BCUT2D eigenvalue weighted by Crippen LogP contribution is 2.34. The van der Waals surface area contributed by atoms with E-state index in [1.165, 1.54) is 0 Å². The molecule has 0 spiro atoms. The van der Waals surface area contributed by atoms with E-state index in [0.29, 0.717) is 22.0 Å². The van der Waals surface area contributed by atoms with Gasteiger partial charge in [0.25, 0.3) is 0 Å². The highest BCUT2D eigenvalue weighted by Gasteiger charge is 2.18. The van der Waals surface area contributed by atoms with Crippen LogP contribution < -0.4 is 11.4 Å². The fourth-order valence-electron chi connectivity index (χ4n) is 2.87. The van der Waals surface area contributed by atoms with Crippen molar-refractivity contribution in [3.05, 3.63) is 70.1 Å². The first-order chi connectivity index (χ1) is 11.5. The molecule has 4 rings (SSSR count). The van der Waals surface area contributed by atoms with Crippen molar-refractivity contribution in [2.24, 2.45) is 0 Å². The van der Waals surface area contributed by atoms with Crippen LogP contribution in [0.5, 0.6) is 5.75 Å². The molecule has 1 heterocycles. The molecule has 0 unspecified atom stereocenters. The Bertz CT molecular complexity index is 1170. The molecule has 0 aliphatic carbocycles. The second kappa shape index (κ2) is 4.99. The third kappa shape index (κ3) is 2.04. The normalized spacial score (nSPS) is 11.2. The molecule has 6 nitrogen and oxygen atoms in total. The van der Waals surface area contributed by atoms with E-state index in [9.17, 15) is 14.7 Å². The minimum Gasteiger partial charge on any atom is -0.505 e. The number of H-pyrrole nitrogens is 2. The number of ketones is 1. The summed E-state index contributed by atoms with van der Waals surface area (Å²) in [5.41, 5.74) is 7.42. The second-order valence-electron chi connectivity index (χ2n) is 5.58. The molecule has 0 atom stereocenters. The van der Waals surface area contributed by atoms with Crippen molar-refractivity contribution in [3.63, 3.8) is 0 Å². The predicted octanol–water partition coefficient (Wildman–Crippen LogP) is 2.53. The summed E-state index contributed by atoms with van der Waals surface area (Å²) < 4.78 is 0. The average Bonchev–Trinajstić information content (AvgIpc) is 2.96. The Kier molecular flexibility index (Phi) is 2.93. The SMILES string of the molecule is Nc1c(O)c(C(=O)c2ccc3[nH]c(=O)[nH]c3c2)cc2ccccc12. The monoisotopic (exact) mass is 319 g/mol. The predicted molar refractivity (Wildman–Crippen MR) is 92.4 cm³/mol. The Labute approximate surface area is 135 Å². The zero-order chi connectivity index (χ0) is 16.8. The Morgan fingerprint density at radius 2 is 1.75 bits per heavy atom. The molecule has 3 aromatic carbocycles. The first-order valence-corrected chi connectivity index (χ1v) is 7.31. The summed E-state index contributed by atoms with van der Waals surface area (Å²) in [6, 6.07) is 13.7. The topological polar surface area (TPSA) is 112 Å². The standard InChI is InChI=1S/C18H13N3O3/c19-15-11-4-2-1-3-9(11)7-12(17(15)23)16(22)10-5-6-13-14(8-10)21-18(24)20-13/h1-8,23H,19H2,(H2,20,21,24). The van der Waals surface area contributed by atoms with Crippen molar-refractivity contribution in [2.75, 3.05) is 5.73 Å². The van der Waals surface area contributed by atoms with Crippen molar-refractivity contribution in [1.29, 1.82) is 0 Å². The van der Waals surface area contributed by atoms with Crippen LogP contribution in [0.3, 0.4) is 0 Å². The van der Waals surface area contributed by atoms with Crippen molar-refractivity contribution in [2.45, 2.75) is 0 Å². The molecule has 0 amide bonds. The van der Waals surface area contributed by atoms with Gasteiger partial charge in [-0.2, -0.15) is 0 Å². The highest BCUT2D eigenvalue weighted by atomic mass is 16.3. The Hall–Kier alpha value is -3.54. The summed E-state index contributed by atoms with van der Waals surface area (Å²) in [5.74, 6) is -0.602. The lowest BCUT2D eigenvalue weighted by molar-refractivity contribution is 0.103. The molecule has 6 heteroatoms. The lowest BCUT2D eigenvalue weighted by Gasteiger charge is -2.10. The zero-order valence-corrected chi connectivity index (χ0v) is 12.5. The summed E-state index contributed by atoms with van der Waals surface area (Å²) in [4.78, 5) is 29.4. The molecule has 4 aromatic rings. The minimum absolute atomic E-state index is 0.128. The van der Waals surface area contributed by atoms with Crippen LogP contribution in [0.1, 0.15) is 15.9 Å². The largest absolute Gasteiger partial charge is 0.505 e. The van der Waals surface area contributed by atoms with Crippen LogP contribution in [0.4, 0.5) is 5.69 Å².